The van der Waals surface area contributed by atoms with Crippen LogP contribution in [0.25, 0.3) is 0 Å². The number of methoxy groups -OCH3 is 6. The van der Waals surface area contributed by atoms with Crippen LogP contribution in [0.4, 0.5) is 17.1 Å². The number of para-hydroxylation sites is 3. The van der Waals surface area contributed by atoms with Gasteiger partial charge in [-0.1, -0.05) is 96.1 Å². The topological polar surface area (TPSA) is 91.5 Å². The highest BCUT2D eigenvalue weighted by Crippen LogP contribution is 2.32. The van der Waals surface area contributed by atoms with Crippen molar-refractivity contribution in [2.75, 3.05) is 58.6 Å². The number of aryl methyl sites for hydroxylation is 2. The molecule has 0 aliphatic carbocycles. The number of hydrogen-bond acceptors (Lipinski definition) is 9. The minimum absolute atomic E-state index is 0.720. The summed E-state index contributed by atoms with van der Waals surface area (Å²) in [5, 5.41) is 10.2. The normalized spacial score (nSPS) is 9.38. The fourth-order valence-corrected chi connectivity index (χ4v) is 6.18. The van der Waals surface area contributed by atoms with E-state index in [2.05, 4.69) is 28.9 Å². The Bertz CT molecular complexity index is 2050. The molecule has 0 spiro atoms. The van der Waals surface area contributed by atoms with E-state index in [-0.39, 0.29) is 0 Å². The molecule has 0 fully saturated rings. The second kappa shape index (κ2) is 32.3. The number of nitrogens with one attached hydrogen (secondary N) is 3. The van der Waals surface area contributed by atoms with Gasteiger partial charge in [-0.25, -0.2) is 0 Å². The number of ether oxygens (including phenoxy) is 6. The Morgan fingerprint density at radius 2 is 0.810 bits per heavy atom. The molecule has 3 N–H and O–H groups in total. The van der Waals surface area contributed by atoms with E-state index in [9.17, 15) is 0 Å². The first-order chi connectivity index (χ1) is 30.7. The van der Waals surface area contributed by atoms with Crippen molar-refractivity contribution in [2.45, 2.75) is 81.9 Å². The summed E-state index contributed by atoms with van der Waals surface area (Å²) in [5.41, 5.74) is 9.95. The maximum absolute atomic E-state index is 5.49. The Labute approximate surface area is 380 Å². The molecule has 0 bridgehead atoms. The zero-order valence-corrected chi connectivity index (χ0v) is 40.7. The highest BCUT2D eigenvalue weighted by Gasteiger charge is 2.12. The second-order valence-corrected chi connectivity index (χ2v) is 13.0. The zero-order chi connectivity index (χ0) is 47.0. The molecule has 0 aliphatic rings. The Hall–Kier alpha value is -6.48. The Kier molecular flexibility index (Phi) is 27.9. The Balaban J connectivity index is 0.000000445. The molecule has 6 aromatic carbocycles. The van der Waals surface area contributed by atoms with Gasteiger partial charge in [-0.3, -0.25) is 0 Å². The summed E-state index contributed by atoms with van der Waals surface area (Å²) in [6, 6.07) is 42.3. The summed E-state index contributed by atoms with van der Waals surface area (Å²) in [5.74, 6) is 5.08. The van der Waals surface area contributed by atoms with Gasteiger partial charge in [-0.2, -0.15) is 0 Å². The molecule has 0 atom stereocenters. The number of anilines is 3. The molecule has 9 nitrogen and oxygen atoms in total. The molecule has 6 aromatic rings. The van der Waals surface area contributed by atoms with Crippen LogP contribution in [0.1, 0.15) is 74.9 Å². The lowest BCUT2D eigenvalue weighted by Crippen LogP contribution is -2.04. The number of benzene rings is 6. The summed E-state index contributed by atoms with van der Waals surface area (Å²) < 4.78 is 32.2. The molecule has 0 saturated heterocycles. The molecule has 0 saturated carbocycles. The molecule has 0 radical (unpaired) electrons. The molecule has 0 amide bonds. The third-order valence-electron chi connectivity index (χ3n) is 9.28. The van der Waals surface area contributed by atoms with Crippen LogP contribution < -0.4 is 44.4 Å². The molecule has 0 aliphatic heterocycles. The first-order valence-corrected chi connectivity index (χ1v) is 21.7. The highest BCUT2D eigenvalue weighted by atomic mass is 16.5. The molecule has 6 rings (SSSR count). The van der Waals surface area contributed by atoms with Gasteiger partial charge in [0.1, 0.15) is 34.5 Å². The fraction of sp³-hybridized carbons (Fsp3) is 0.333. The van der Waals surface area contributed by atoms with Gasteiger partial charge < -0.3 is 44.4 Å². The first-order valence-electron chi connectivity index (χ1n) is 21.7. The van der Waals surface area contributed by atoms with E-state index in [0.29, 0.717) is 0 Å². The minimum Gasteiger partial charge on any atom is -0.497 e. The van der Waals surface area contributed by atoms with Crippen molar-refractivity contribution in [3.8, 4) is 34.5 Å². The molecule has 0 heterocycles. The van der Waals surface area contributed by atoms with E-state index in [1.165, 1.54) is 0 Å². The highest BCUT2D eigenvalue weighted by molar-refractivity contribution is 5.53. The Morgan fingerprint density at radius 3 is 1.24 bits per heavy atom. The van der Waals surface area contributed by atoms with E-state index in [0.717, 1.165) is 105 Å². The molecule has 0 unspecified atom stereocenters. The van der Waals surface area contributed by atoms with Crippen molar-refractivity contribution in [1.82, 2.24) is 0 Å². The predicted octanol–water partition coefficient (Wildman–Crippen LogP) is 14.0. The van der Waals surface area contributed by atoms with E-state index >= 15 is 0 Å². The fourth-order valence-electron chi connectivity index (χ4n) is 6.18. The van der Waals surface area contributed by atoms with Crippen LogP contribution in [0.3, 0.4) is 0 Å². The lowest BCUT2D eigenvalue weighted by molar-refractivity contribution is 0.386. The van der Waals surface area contributed by atoms with Crippen LogP contribution in [0.5, 0.6) is 34.5 Å². The average molecular weight is 862 g/mol. The van der Waals surface area contributed by atoms with Gasteiger partial charge in [0.05, 0.1) is 42.7 Å². The van der Waals surface area contributed by atoms with E-state index < -0.39 is 0 Å². The van der Waals surface area contributed by atoms with Crippen LogP contribution in [-0.2, 0) is 19.6 Å². The Morgan fingerprint density at radius 1 is 0.365 bits per heavy atom. The molecular weight excluding hydrogens is 787 g/mol. The largest absolute Gasteiger partial charge is 0.497 e. The summed E-state index contributed by atoms with van der Waals surface area (Å²) >= 11 is 0. The minimum atomic E-state index is 0.720. The van der Waals surface area contributed by atoms with Gasteiger partial charge in [-0.15, -0.1) is 0 Å². The number of hydrogen-bond donors (Lipinski definition) is 3. The van der Waals surface area contributed by atoms with Crippen LogP contribution in [-0.4, -0.2) is 42.7 Å². The molecule has 0 aromatic heterocycles. The van der Waals surface area contributed by atoms with Gasteiger partial charge in [-0.05, 0) is 92.6 Å². The summed E-state index contributed by atoms with van der Waals surface area (Å²) in [6.45, 7) is 20.3. The van der Waals surface area contributed by atoms with E-state index in [4.69, 9.17) is 28.4 Å². The van der Waals surface area contributed by atoms with Crippen LogP contribution in [0.2, 0.25) is 0 Å². The summed E-state index contributed by atoms with van der Waals surface area (Å²) in [6.07, 6.45) is 0. The van der Waals surface area contributed by atoms with Crippen molar-refractivity contribution in [2.24, 2.45) is 0 Å². The van der Waals surface area contributed by atoms with Crippen molar-refractivity contribution < 1.29 is 28.4 Å². The van der Waals surface area contributed by atoms with Gasteiger partial charge in [0.25, 0.3) is 0 Å². The third kappa shape index (κ3) is 18.2. The van der Waals surface area contributed by atoms with Crippen LogP contribution in [0.15, 0.2) is 127 Å². The van der Waals surface area contributed by atoms with Crippen molar-refractivity contribution in [3.05, 3.63) is 161 Å². The maximum Gasteiger partial charge on any atom is 0.130 e. The lowest BCUT2D eigenvalue weighted by atomic mass is 10.1. The lowest BCUT2D eigenvalue weighted by Gasteiger charge is -2.15. The standard InChI is InChI=1S/3C16H19NO2.3C2H6/c1-12-9-13(16(19-3)10-15(12)18-2)11-17-14-7-5-4-6-8-14;1-12-9-14(18-2)10-16(19-3)15(12)11-17-13-7-5-4-6-8-13;1-12-15(18-2)10-9-13(16(12)19-3)11-17-14-7-5-4-6-8-14;3*1-2/h3*4-10,17H,11H2,1-3H3;3*1-2H3. The van der Waals surface area contributed by atoms with Crippen LogP contribution >= 0.6 is 0 Å². The van der Waals surface area contributed by atoms with E-state index in [1.54, 1.807) is 42.7 Å². The third-order valence-corrected chi connectivity index (χ3v) is 9.28. The second-order valence-electron chi connectivity index (χ2n) is 13.0. The number of rotatable bonds is 15. The zero-order valence-electron chi connectivity index (χ0n) is 40.7. The predicted molar refractivity (Wildman–Crippen MR) is 268 cm³/mol. The first kappa shape index (κ1) is 54.5. The van der Waals surface area contributed by atoms with Crippen molar-refractivity contribution in [1.29, 1.82) is 0 Å². The smallest absolute Gasteiger partial charge is 0.130 e. The average Bonchev–Trinajstić information content (AvgIpc) is 3.35. The van der Waals surface area contributed by atoms with Gasteiger partial charge in [0.15, 0.2) is 0 Å². The molecule has 342 valence electrons. The van der Waals surface area contributed by atoms with Gasteiger partial charge in [0.2, 0.25) is 0 Å². The summed E-state index contributed by atoms with van der Waals surface area (Å²) in [7, 11) is 10.0. The molecular formula is C54H75N3O6. The van der Waals surface area contributed by atoms with Crippen molar-refractivity contribution >= 4 is 17.1 Å². The quantitative estimate of drug-likeness (QED) is 0.0933. The molecule has 63 heavy (non-hydrogen) atoms. The van der Waals surface area contributed by atoms with Crippen molar-refractivity contribution in [3.63, 3.8) is 0 Å². The SMILES string of the molecule is CC.CC.CC.COc1cc(C)c(CNc2ccccc2)c(OC)c1.COc1cc(OC)c(CNc2ccccc2)cc1C.COc1ccc(CNc2ccccc2)c(OC)c1C. The summed E-state index contributed by atoms with van der Waals surface area (Å²) in [4.78, 5) is 0. The van der Waals surface area contributed by atoms with Gasteiger partial charge >= 0.3 is 0 Å². The monoisotopic (exact) mass is 862 g/mol. The molecule has 9 heteroatoms. The van der Waals surface area contributed by atoms with Crippen LogP contribution in [0, 0.1) is 20.8 Å². The van der Waals surface area contributed by atoms with E-state index in [1.807, 2.05) is 177 Å². The maximum atomic E-state index is 5.49. The van der Waals surface area contributed by atoms with Gasteiger partial charge in [0, 0.05) is 71.1 Å².